The summed E-state index contributed by atoms with van der Waals surface area (Å²) in [5, 5.41) is 14.2. The average molecular weight is 1240 g/mol. The first kappa shape index (κ1) is 85.5. The van der Waals surface area contributed by atoms with Crippen molar-refractivity contribution in [1.82, 2.24) is 5.32 Å². The zero-order valence-corrected chi connectivity index (χ0v) is 60.3. The van der Waals surface area contributed by atoms with Crippen molar-refractivity contribution in [2.45, 2.75) is 450 Å². The van der Waals surface area contributed by atoms with Gasteiger partial charge in [-0.05, 0) is 12.8 Å². The number of phosphoric acid groups is 1. The minimum atomic E-state index is -4.33. The van der Waals surface area contributed by atoms with Gasteiger partial charge in [-0.1, -0.05) is 418 Å². The van der Waals surface area contributed by atoms with Crippen LogP contribution < -0.4 is 5.32 Å². The predicted octanol–water partition coefficient (Wildman–Crippen LogP) is 25.5. The van der Waals surface area contributed by atoms with E-state index in [-0.39, 0.29) is 19.1 Å². The van der Waals surface area contributed by atoms with Crippen LogP contribution in [0.4, 0.5) is 0 Å². The van der Waals surface area contributed by atoms with Crippen molar-refractivity contribution in [3.05, 3.63) is 0 Å². The van der Waals surface area contributed by atoms with Gasteiger partial charge in [0.2, 0.25) is 5.91 Å². The number of unbranched alkanes of at least 4 members (excludes halogenated alkanes) is 62. The molecule has 0 aliphatic heterocycles. The third-order valence-corrected chi connectivity index (χ3v) is 19.8. The number of likely N-dealkylation sites (N-methyl/N-ethyl adjacent to an activating group) is 1. The fraction of sp³-hybridized carbons (Fsp3) is 0.987. The lowest BCUT2D eigenvalue weighted by atomic mass is 10.0. The highest BCUT2D eigenvalue weighted by molar-refractivity contribution is 7.47. The molecule has 3 unspecified atom stereocenters. The summed E-state index contributed by atoms with van der Waals surface area (Å²) >= 11 is 0. The van der Waals surface area contributed by atoms with Crippen molar-refractivity contribution < 1.29 is 32.9 Å². The van der Waals surface area contributed by atoms with E-state index in [2.05, 4.69) is 19.2 Å². The van der Waals surface area contributed by atoms with E-state index in [0.29, 0.717) is 23.9 Å². The quantitative estimate of drug-likeness (QED) is 0.0318. The lowest BCUT2D eigenvalue weighted by molar-refractivity contribution is -0.870. The van der Waals surface area contributed by atoms with Gasteiger partial charge in [0.15, 0.2) is 0 Å². The minimum Gasteiger partial charge on any atom is -0.391 e. The van der Waals surface area contributed by atoms with Gasteiger partial charge in [-0.25, -0.2) is 4.57 Å². The number of quaternary nitrogens is 1. The van der Waals surface area contributed by atoms with Crippen molar-refractivity contribution in [2.75, 3.05) is 40.9 Å². The Hall–Kier alpha value is -0.500. The normalized spacial score (nSPS) is 13.4. The highest BCUT2D eigenvalue weighted by atomic mass is 31.2. The molecule has 0 bridgehead atoms. The summed E-state index contributed by atoms with van der Waals surface area (Å²) in [6.45, 7) is 4.98. The molecule has 0 saturated carbocycles. The molecule has 8 nitrogen and oxygen atoms in total. The first-order valence-corrected chi connectivity index (χ1v) is 40.9. The number of nitrogens with zero attached hydrogens (tertiary/aromatic N) is 1. The number of rotatable bonds is 75. The van der Waals surface area contributed by atoms with E-state index in [0.717, 1.165) is 38.5 Å². The van der Waals surface area contributed by atoms with Crippen molar-refractivity contribution in [3.63, 3.8) is 0 Å². The molecule has 3 atom stereocenters. The van der Waals surface area contributed by atoms with E-state index >= 15 is 0 Å². The molecular weight excluding hydrogens is 1080 g/mol. The van der Waals surface area contributed by atoms with Gasteiger partial charge >= 0.3 is 7.82 Å². The third kappa shape index (κ3) is 70.9. The molecule has 86 heavy (non-hydrogen) atoms. The molecule has 516 valence electrons. The summed E-state index contributed by atoms with van der Waals surface area (Å²) in [7, 11) is 1.65. The maximum absolute atomic E-state index is 13.1. The van der Waals surface area contributed by atoms with Gasteiger partial charge in [-0.3, -0.25) is 13.8 Å². The molecule has 0 spiro atoms. The van der Waals surface area contributed by atoms with Crippen LogP contribution in [0.3, 0.4) is 0 Å². The van der Waals surface area contributed by atoms with Gasteiger partial charge in [0, 0.05) is 6.42 Å². The second-order valence-corrected chi connectivity index (χ2v) is 30.3. The van der Waals surface area contributed by atoms with Crippen LogP contribution in [-0.4, -0.2) is 73.4 Å². The Morgan fingerprint density at radius 1 is 0.349 bits per heavy atom. The summed E-state index contributed by atoms with van der Waals surface area (Å²) in [4.78, 5) is 23.5. The Kier molecular flexibility index (Phi) is 68.5. The number of aliphatic hydroxyl groups excluding tert-OH is 1. The van der Waals surface area contributed by atoms with E-state index in [1.807, 2.05) is 21.1 Å². The number of aliphatic hydroxyl groups is 1. The summed E-state index contributed by atoms with van der Waals surface area (Å²) in [5.74, 6) is -0.132. The molecule has 0 heterocycles. The lowest BCUT2D eigenvalue weighted by Gasteiger charge is -2.26. The van der Waals surface area contributed by atoms with Gasteiger partial charge in [-0.2, -0.15) is 0 Å². The number of nitrogens with one attached hydrogen (secondary N) is 1. The second kappa shape index (κ2) is 68.9. The molecule has 0 saturated heterocycles. The van der Waals surface area contributed by atoms with Crippen LogP contribution in [0.25, 0.3) is 0 Å². The molecule has 3 N–H and O–H groups in total. The van der Waals surface area contributed by atoms with Crippen LogP contribution in [0, 0.1) is 0 Å². The zero-order valence-electron chi connectivity index (χ0n) is 59.4. The van der Waals surface area contributed by atoms with E-state index in [1.165, 1.54) is 372 Å². The second-order valence-electron chi connectivity index (χ2n) is 28.8. The van der Waals surface area contributed by atoms with Gasteiger partial charge in [-0.15, -0.1) is 0 Å². The average Bonchev–Trinajstić information content (AvgIpc) is 3.70. The van der Waals surface area contributed by atoms with Gasteiger partial charge in [0.05, 0.1) is 39.9 Å². The predicted molar refractivity (Wildman–Crippen MR) is 379 cm³/mol. The molecule has 0 aliphatic carbocycles. The Balaban J connectivity index is 3.89. The molecular formula is C77H158N2O6P+. The van der Waals surface area contributed by atoms with Crippen LogP contribution in [-0.2, 0) is 18.4 Å². The molecule has 0 fully saturated rings. The minimum absolute atomic E-state index is 0.0796. The number of hydrogen-bond donors (Lipinski definition) is 3. The standard InChI is InChI=1S/C77H157N2O6P/c1-6-8-10-12-14-16-18-20-22-24-26-28-30-32-34-36-37-38-39-40-41-42-43-45-47-49-51-53-55-57-59-61-63-65-67-69-71-77(81)78-75(74-85-86(82,83)84-73-72-79(3,4)5)76(80)70-68-66-64-62-60-58-56-54-52-50-48-46-44-35-33-31-29-27-25-23-21-19-17-15-13-11-9-7-2/h75-76,80H,6-74H2,1-5H3,(H-,78,81,82,83)/p+1. The molecule has 0 aromatic heterocycles. The van der Waals surface area contributed by atoms with Gasteiger partial charge in [0.1, 0.15) is 13.2 Å². The highest BCUT2D eigenvalue weighted by Gasteiger charge is 2.28. The first-order valence-electron chi connectivity index (χ1n) is 39.4. The smallest absolute Gasteiger partial charge is 0.391 e. The van der Waals surface area contributed by atoms with Crippen LogP contribution in [0.1, 0.15) is 438 Å². The molecule has 0 aliphatic rings. The van der Waals surface area contributed by atoms with Gasteiger partial charge < -0.3 is 19.8 Å². The van der Waals surface area contributed by atoms with E-state index in [4.69, 9.17) is 9.05 Å². The Morgan fingerprint density at radius 2 is 0.558 bits per heavy atom. The van der Waals surface area contributed by atoms with Crippen LogP contribution in [0.2, 0.25) is 0 Å². The Morgan fingerprint density at radius 3 is 0.779 bits per heavy atom. The van der Waals surface area contributed by atoms with Crippen LogP contribution >= 0.6 is 7.82 Å². The van der Waals surface area contributed by atoms with Crippen LogP contribution in [0.15, 0.2) is 0 Å². The summed E-state index contributed by atoms with van der Waals surface area (Å²) in [6, 6.07) is -0.758. The Bertz CT molecular complexity index is 1360. The van der Waals surface area contributed by atoms with Crippen molar-refractivity contribution >= 4 is 13.7 Å². The summed E-state index contributed by atoms with van der Waals surface area (Å²) in [6.07, 6.45) is 88.2. The zero-order chi connectivity index (χ0) is 62.6. The molecule has 0 rings (SSSR count). The molecule has 1 amide bonds. The molecule has 0 aromatic carbocycles. The number of carbonyl (C=O) groups excluding carboxylic acids is 1. The topological polar surface area (TPSA) is 105 Å². The largest absolute Gasteiger partial charge is 0.472 e. The SMILES string of the molecule is CCCCCCCCCCCCCCCCCCCCCCCCCCCCCCCCCCCCCCC(=O)NC(COP(=O)(O)OCC[N+](C)(C)C)C(O)CCCCCCCCCCCCCCCCCCCCCCCCCCCCCC. The molecule has 0 radical (unpaired) electrons. The highest BCUT2D eigenvalue weighted by Crippen LogP contribution is 2.43. The maximum Gasteiger partial charge on any atom is 0.472 e. The Labute approximate surface area is 540 Å². The number of amides is 1. The maximum atomic E-state index is 13.1. The van der Waals surface area contributed by atoms with E-state index in [9.17, 15) is 19.4 Å². The fourth-order valence-electron chi connectivity index (χ4n) is 12.8. The molecule has 9 heteroatoms. The molecule has 0 aromatic rings. The van der Waals surface area contributed by atoms with E-state index < -0.39 is 20.0 Å². The van der Waals surface area contributed by atoms with Gasteiger partial charge in [0.25, 0.3) is 0 Å². The summed E-state index contributed by atoms with van der Waals surface area (Å²) < 4.78 is 24.0. The lowest BCUT2D eigenvalue weighted by Crippen LogP contribution is -2.46. The van der Waals surface area contributed by atoms with E-state index in [1.54, 1.807) is 0 Å². The number of hydrogen-bond acceptors (Lipinski definition) is 5. The van der Waals surface area contributed by atoms with Crippen molar-refractivity contribution in [3.8, 4) is 0 Å². The number of phosphoric ester groups is 1. The first-order chi connectivity index (χ1) is 42.0. The monoisotopic (exact) mass is 1240 g/mol. The van der Waals surface area contributed by atoms with Crippen molar-refractivity contribution in [2.24, 2.45) is 0 Å². The summed E-state index contributed by atoms with van der Waals surface area (Å²) in [5.41, 5.74) is 0. The van der Waals surface area contributed by atoms with Crippen LogP contribution in [0.5, 0.6) is 0 Å². The number of carbonyl (C=O) groups is 1. The third-order valence-electron chi connectivity index (χ3n) is 18.9. The fourth-order valence-corrected chi connectivity index (χ4v) is 13.5. The van der Waals surface area contributed by atoms with Crippen molar-refractivity contribution in [1.29, 1.82) is 0 Å².